The number of aliphatic hydroxyl groups is 1. The average Bonchev–Trinajstić information content (AvgIpc) is 3.00. The Balaban J connectivity index is 1.61. The molecule has 148 valence electrons. The summed E-state index contributed by atoms with van der Waals surface area (Å²) in [7, 11) is 0. The molecule has 0 amide bonds. The largest absolute Gasteiger partial charge is 0.393 e. The Morgan fingerprint density at radius 1 is 1.22 bits per heavy atom. The molecular weight excluding hydrogens is 334 g/mol. The van der Waals surface area contributed by atoms with Gasteiger partial charge in [0.2, 0.25) is 0 Å². The van der Waals surface area contributed by atoms with Crippen molar-refractivity contribution in [1.82, 2.24) is 0 Å². The van der Waals surface area contributed by atoms with Crippen LogP contribution in [0.1, 0.15) is 65.7 Å². The molecule has 3 saturated carbocycles. The first-order chi connectivity index (χ1) is 12.9. The van der Waals surface area contributed by atoms with Gasteiger partial charge in [-0.2, -0.15) is 0 Å². The van der Waals surface area contributed by atoms with Crippen molar-refractivity contribution in [2.45, 2.75) is 71.8 Å². The standard InChI is InChI=1S/C24H35NO2/c1-5-14-27-25-16(2)20-8-9-21-19-7-6-17-15-18(26)10-12-23(17,3)22(19)11-13-24(20,21)4/h5-7,18,20-22,26H,1,8-15H2,2-4H3/b25-16+/t18-,20+,21-,22-,23-,24+/m0/s1. The van der Waals surface area contributed by atoms with Crippen molar-refractivity contribution in [2.24, 2.45) is 33.7 Å². The number of allylic oxidation sites excluding steroid dienone is 3. The van der Waals surface area contributed by atoms with Crippen molar-refractivity contribution in [2.75, 3.05) is 6.61 Å². The summed E-state index contributed by atoms with van der Waals surface area (Å²) in [5.41, 5.74) is 4.89. The zero-order chi connectivity index (χ0) is 19.2. The number of rotatable bonds is 4. The summed E-state index contributed by atoms with van der Waals surface area (Å²) in [6.07, 6.45) is 14.4. The highest BCUT2D eigenvalue weighted by Gasteiger charge is 2.56. The molecule has 0 bridgehead atoms. The van der Waals surface area contributed by atoms with E-state index in [-0.39, 0.29) is 11.5 Å². The number of hydrogen-bond acceptors (Lipinski definition) is 3. The van der Waals surface area contributed by atoms with Crippen molar-refractivity contribution in [1.29, 1.82) is 0 Å². The molecule has 4 aliphatic rings. The quantitative estimate of drug-likeness (QED) is 0.311. The number of oxime groups is 1. The first-order valence-corrected chi connectivity index (χ1v) is 10.8. The number of fused-ring (bicyclic) bond motifs is 5. The number of nitrogens with zero attached hydrogens (tertiary/aromatic N) is 1. The van der Waals surface area contributed by atoms with Crippen molar-refractivity contribution in [3.05, 3.63) is 36.0 Å². The van der Waals surface area contributed by atoms with E-state index in [1.807, 2.05) is 0 Å². The predicted octanol–water partition coefficient (Wildman–Crippen LogP) is 5.42. The molecule has 0 radical (unpaired) electrons. The molecule has 6 atom stereocenters. The van der Waals surface area contributed by atoms with Gasteiger partial charge >= 0.3 is 0 Å². The van der Waals surface area contributed by atoms with Gasteiger partial charge in [-0.3, -0.25) is 0 Å². The zero-order valence-electron chi connectivity index (χ0n) is 17.2. The monoisotopic (exact) mass is 369 g/mol. The topological polar surface area (TPSA) is 41.8 Å². The van der Waals surface area contributed by atoms with Gasteiger partial charge < -0.3 is 9.94 Å². The number of hydrogen-bond donors (Lipinski definition) is 1. The molecule has 27 heavy (non-hydrogen) atoms. The average molecular weight is 370 g/mol. The van der Waals surface area contributed by atoms with E-state index >= 15 is 0 Å². The van der Waals surface area contributed by atoms with E-state index in [0.29, 0.717) is 29.8 Å². The van der Waals surface area contributed by atoms with Crippen LogP contribution in [0.3, 0.4) is 0 Å². The summed E-state index contributed by atoms with van der Waals surface area (Å²) in [4.78, 5) is 5.41. The van der Waals surface area contributed by atoms with Crippen LogP contribution >= 0.6 is 0 Å². The van der Waals surface area contributed by atoms with Crippen LogP contribution in [0, 0.1) is 28.6 Å². The predicted molar refractivity (Wildman–Crippen MR) is 110 cm³/mol. The second-order valence-electron chi connectivity index (χ2n) is 9.77. The Labute approximate surface area is 164 Å². The molecule has 3 nitrogen and oxygen atoms in total. The second kappa shape index (κ2) is 6.92. The molecule has 0 unspecified atom stereocenters. The Bertz CT molecular complexity index is 705. The molecule has 0 aromatic rings. The Kier molecular flexibility index (Phi) is 4.86. The lowest BCUT2D eigenvalue weighted by atomic mass is 9.50. The van der Waals surface area contributed by atoms with Crippen LogP contribution in [0.5, 0.6) is 0 Å². The van der Waals surface area contributed by atoms with Gasteiger partial charge in [0, 0.05) is 5.92 Å². The maximum Gasteiger partial charge on any atom is 0.135 e. The van der Waals surface area contributed by atoms with Gasteiger partial charge in [0.1, 0.15) is 6.61 Å². The minimum atomic E-state index is -0.140. The van der Waals surface area contributed by atoms with Crippen LogP contribution in [0.15, 0.2) is 41.1 Å². The fraction of sp³-hybridized carbons (Fsp3) is 0.708. The van der Waals surface area contributed by atoms with Gasteiger partial charge in [-0.05, 0) is 74.5 Å². The fourth-order valence-corrected chi connectivity index (χ4v) is 6.93. The van der Waals surface area contributed by atoms with Gasteiger partial charge in [0.25, 0.3) is 0 Å². The summed E-state index contributed by atoms with van der Waals surface area (Å²) in [6, 6.07) is 0. The smallest absolute Gasteiger partial charge is 0.135 e. The lowest BCUT2D eigenvalue weighted by molar-refractivity contribution is 0.0524. The molecule has 3 fully saturated rings. The molecule has 4 rings (SSSR count). The zero-order valence-corrected chi connectivity index (χ0v) is 17.2. The van der Waals surface area contributed by atoms with Crippen LogP contribution < -0.4 is 0 Å². The van der Waals surface area contributed by atoms with E-state index in [9.17, 15) is 5.11 Å². The SMILES string of the molecule is C=CCO/N=C(\C)[C@H]1CC[C@H]2C3=CC=C4C[C@@H](O)CC[C@]4(C)[C@H]3CC[C@]12C. The Morgan fingerprint density at radius 3 is 2.81 bits per heavy atom. The van der Waals surface area contributed by atoms with E-state index in [2.05, 4.69) is 44.7 Å². The normalized spacial score (nSPS) is 43.8. The van der Waals surface area contributed by atoms with Crippen LogP contribution in [0.2, 0.25) is 0 Å². The van der Waals surface area contributed by atoms with Crippen molar-refractivity contribution < 1.29 is 9.94 Å². The summed E-state index contributed by atoms with van der Waals surface area (Å²) < 4.78 is 0. The van der Waals surface area contributed by atoms with Crippen LogP contribution in [-0.4, -0.2) is 23.5 Å². The molecule has 0 saturated heterocycles. The van der Waals surface area contributed by atoms with Gasteiger partial charge in [0.05, 0.1) is 11.8 Å². The Morgan fingerprint density at radius 2 is 2.04 bits per heavy atom. The van der Waals surface area contributed by atoms with Crippen LogP contribution in [-0.2, 0) is 4.84 Å². The molecule has 0 aromatic heterocycles. The van der Waals surface area contributed by atoms with Crippen LogP contribution in [0.25, 0.3) is 0 Å². The maximum atomic E-state index is 10.1. The summed E-state index contributed by atoms with van der Waals surface area (Å²) in [5.74, 6) is 1.84. The minimum Gasteiger partial charge on any atom is -0.393 e. The molecular formula is C24H35NO2. The molecule has 0 aliphatic heterocycles. The fourth-order valence-electron chi connectivity index (χ4n) is 6.93. The second-order valence-corrected chi connectivity index (χ2v) is 9.77. The van der Waals surface area contributed by atoms with Crippen molar-refractivity contribution in [3.8, 4) is 0 Å². The third-order valence-electron chi connectivity index (χ3n) is 8.45. The molecule has 0 spiro atoms. The highest BCUT2D eigenvalue weighted by Crippen LogP contribution is 2.65. The summed E-state index contributed by atoms with van der Waals surface area (Å²) in [5, 5.41) is 14.6. The van der Waals surface area contributed by atoms with Crippen molar-refractivity contribution in [3.63, 3.8) is 0 Å². The first-order valence-electron chi connectivity index (χ1n) is 10.8. The van der Waals surface area contributed by atoms with E-state index in [1.165, 1.54) is 31.3 Å². The van der Waals surface area contributed by atoms with Crippen molar-refractivity contribution >= 4 is 5.71 Å². The molecule has 4 aliphatic carbocycles. The minimum absolute atomic E-state index is 0.140. The van der Waals surface area contributed by atoms with Gasteiger partial charge in [0.15, 0.2) is 0 Å². The highest BCUT2D eigenvalue weighted by molar-refractivity contribution is 5.85. The van der Waals surface area contributed by atoms with Gasteiger partial charge in [-0.15, -0.1) is 0 Å². The summed E-state index contributed by atoms with van der Waals surface area (Å²) in [6.45, 7) is 11.3. The van der Waals surface area contributed by atoms with E-state index in [4.69, 9.17) is 4.84 Å². The van der Waals surface area contributed by atoms with E-state index in [1.54, 1.807) is 11.6 Å². The van der Waals surface area contributed by atoms with E-state index < -0.39 is 0 Å². The third-order valence-corrected chi connectivity index (χ3v) is 8.45. The molecule has 1 N–H and O–H groups in total. The molecule has 3 heteroatoms. The van der Waals surface area contributed by atoms with E-state index in [0.717, 1.165) is 25.0 Å². The summed E-state index contributed by atoms with van der Waals surface area (Å²) >= 11 is 0. The van der Waals surface area contributed by atoms with Gasteiger partial charge in [-0.1, -0.05) is 55.0 Å². The highest BCUT2D eigenvalue weighted by atomic mass is 16.6. The molecule has 0 aromatic carbocycles. The van der Waals surface area contributed by atoms with Crippen LogP contribution in [0.4, 0.5) is 0 Å². The third kappa shape index (κ3) is 2.93. The van der Waals surface area contributed by atoms with Gasteiger partial charge in [-0.25, -0.2) is 0 Å². The lowest BCUT2D eigenvalue weighted by Crippen LogP contribution is -2.46. The lowest BCUT2D eigenvalue weighted by Gasteiger charge is -2.54. The molecule has 0 heterocycles. The first kappa shape index (κ1) is 19.0. The number of aliphatic hydroxyl groups excluding tert-OH is 1. The maximum absolute atomic E-state index is 10.1. The Hall–Kier alpha value is -1.35.